The summed E-state index contributed by atoms with van der Waals surface area (Å²) in [5, 5.41) is 2.12. The molecule has 7 aromatic rings. The molecule has 0 N–H and O–H groups in total. The first kappa shape index (κ1) is 17.8. The molecule has 3 aromatic carbocycles. The summed E-state index contributed by atoms with van der Waals surface area (Å²) >= 11 is 0. The van der Waals surface area contributed by atoms with Gasteiger partial charge in [-0.2, -0.15) is 0 Å². The van der Waals surface area contributed by atoms with Crippen molar-refractivity contribution < 1.29 is 0 Å². The fourth-order valence-electron chi connectivity index (χ4n) is 6.38. The quantitative estimate of drug-likeness (QED) is 0.243. The summed E-state index contributed by atoms with van der Waals surface area (Å²) in [6, 6.07) is 24.5. The van der Waals surface area contributed by atoms with Crippen LogP contribution < -0.4 is 0 Å². The van der Waals surface area contributed by atoms with Crippen LogP contribution in [0.3, 0.4) is 0 Å². The molecule has 0 atom stereocenters. The van der Waals surface area contributed by atoms with Crippen molar-refractivity contribution in [2.24, 2.45) is 0 Å². The van der Waals surface area contributed by atoms with Crippen LogP contribution >= 0.6 is 0 Å². The van der Waals surface area contributed by atoms with E-state index in [-0.39, 0.29) is 0 Å². The first-order chi connectivity index (χ1) is 17.3. The highest BCUT2D eigenvalue weighted by Crippen LogP contribution is 2.46. The molecule has 4 heteroatoms. The van der Waals surface area contributed by atoms with Crippen molar-refractivity contribution in [1.29, 1.82) is 0 Å². The van der Waals surface area contributed by atoms with Gasteiger partial charge in [-0.3, -0.25) is 14.4 Å². The number of fused-ring (bicyclic) bond motifs is 14. The van der Waals surface area contributed by atoms with Crippen molar-refractivity contribution in [2.75, 3.05) is 0 Å². The van der Waals surface area contributed by atoms with E-state index in [4.69, 9.17) is 9.97 Å². The van der Waals surface area contributed by atoms with Gasteiger partial charge in [-0.1, -0.05) is 24.3 Å². The SMILES string of the molecule is c1ccc2c(c1)Cc1cc3c(cc1-2)Cc1cc2nc4c5cnccc5c5ncccc5n4c2cc1-3. The average Bonchev–Trinajstić information content (AvgIpc) is 3.56. The molecule has 0 bridgehead atoms. The summed E-state index contributed by atoms with van der Waals surface area (Å²) in [5.74, 6) is 0. The van der Waals surface area contributed by atoms with Gasteiger partial charge in [0.15, 0.2) is 0 Å². The number of nitrogens with zero attached hydrogens (tertiary/aromatic N) is 4. The second-order valence-electron chi connectivity index (χ2n) is 9.74. The Morgan fingerprint density at radius 3 is 2.37 bits per heavy atom. The van der Waals surface area contributed by atoms with Gasteiger partial charge in [0.05, 0.1) is 22.1 Å². The highest BCUT2D eigenvalue weighted by atomic mass is 15.0. The molecule has 0 radical (unpaired) electrons. The third kappa shape index (κ3) is 2.20. The van der Waals surface area contributed by atoms with Crippen molar-refractivity contribution in [1.82, 2.24) is 19.4 Å². The fraction of sp³-hybridized carbons (Fsp3) is 0.0645. The van der Waals surface area contributed by atoms with Gasteiger partial charge < -0.3 is 0 Å². The Labute approximate surface area is 200 Å². The molecule has 0 fully saturated rings. The summed E-state index contributed by atoms with van der Waals surface area (Å²) in [6.07, 6.45) is 7.57. The first-order valence-corrected chi connectivity index (χ1v) is 12.0. The van der Waals surface area contributed by atoms with Crippen LogP contribution in [0, 0.1) is 0 Å². The maximum Gasteiger partial charge on any atom is 0.148 e. The molecule has 0 aliphatic heterocycles. The minimum Gasteiger partial charge on any atom is -0.290 e. The Hall–Kier alpha value is -4.57. The molecule has 0 amide bonds. The topological polar surface area (TPSA) is 43.1 Å². The molecule has 4 aromatic heterocycles. The smallest absolute Gasteiger partial charge is 0.148 e. The minimum absolute atomic E-state index is 0.942. The molecule has 0 saturated heterocycles. The summed E-state index contributed by atoms with van der Waals surface area (Å²) in [4.78, 5) is 14.3. The van der Waals surface area contributed by atoms with Crippen molar-refractivity contribution >= 4 is 38.5 Å². The van der Waals surface area contributed by atoms with Gasteiger partial charge in [0.25, 0.3) is 0 Å². The van der Waals surface area contributed by atoms with Crippen LogP contribution in [0.4, 0.5) is 0 Å². The van der Waals surface area contributed by atoms with Crippen LogP contribution in [0.5, 0.6) is 0 Å². The van der Waals surface area contributed by atoms with Gasteiger partial charge in [0.1, 0.15) is 5.65 Å². The third-order valence-corrected chi connectivity index (χ3v) is 7.91. The van der Waals surface area contributed by atoms with Crippen molar-refractivity contribution in [3.63, 3.8) is 0 Å². The van der Waals surface area contributed by atoms with Crippen LogP contribution in [-0.4, -0.2) is 19.4 Å². The molecule has 162 valence electrons. The number of benzene rings is 3. The Morgan fingerprint density at radius 1 is 0.629 bits per heavy atom. The summed E-state index contributed by atoms with van der Waals surface area (Å²) < 4.78 is 2.27. The van der Waals surface area contributed by atoms with Gasteiger partial charge in [0.2, 0.25) is 0 Å². The summed E-state index contributed by atoms with van der Waals surface area (Å²) in [6.45, 7) is 0. The molecule has 2 aliphatic rings. The Kier molecular flexibility index (Phi) is 3.11. The highest BCUT2D eigenvalue weighted by Gasteiger charge is 2.26. The zero-order valence-corrected chi connectivity index (χ0v) is 18.8. The van der Waals surface area contributed by atoms with E-state index in [2.05, 4.69) is 64.0 Å². The number of aromatic nitrogens is 4. The molecular formula is C31H18N4. The van der Waals surface area contributed by atoms with E-state index in [0.717, 1.165) is 51.3 Å². The largest absolute Gasteiger partial charge is 0.290 e. The standard InChI is InChI=1S/C31H18N4/c1-2-5-21-17(4-1)10-18-13-24-19(12-23(18)21)11-20-14-27-29(15-25(20)24)35-28-6-3-8-33-30(28)22-7-9-32-16-26(22)31(35)34-27/h1-9,12-16H,10-11H2. The van der Waals surface area contributed by atoms with Crippen LogP contribution in [-0.2, 0) is 12.8 Å². The van der Waals surface area contributed by atoms with Gasteiger partial charge >= 0.3 is 0 Å². The lowest BCUT2D eigenvalue weighted by Crippen LogP contribution is -1.93. The molecule has 4 heterocycles. The molecule has 2 aliphatic carbocycles. The number of rotatable bonds is 0. The third-order valence-electron chi connectivity index (χ3n) is 7.91. The lowest BCUT2D eigenvalue weighted by atomic mass is 9.98. The molecule has 0 unspecified atom stereocenters. The molecule has 35 heavy (non-hydrogen) atoms. The lowest BCUT2D eigenvalue weighted by Gasteiger charge is -2.08. The summed E-state index contributed by atoms with van der Waals surface area (Å²) in [7, 11) is 0. The molecule has 0 spiro atoms. The van der Waals surface area contributed by atoms with E-state index in [1.54, 1.807) is 0 Å². The van der Waals surface area contributed by atoms with Crippen LogP contribution in [0.15, 0.2) is 85.3 Å². The maximum atomic E-state index is 5.12. The molecule has 9 rings (SSSR count). The maximum absolute atomic E-state index is 5.12. The number of pyridine rings is 3. The zero-order valence-electron chi connectivity index (χ0n) is 18.8. The Balaban J connectivity index is 1.35. The summed E-state index contributed by atoms with van der Waals surface area (Å²) in [5.41, 5.74) is 16.3. The fourth-order valence-corrected chi connectivity index (χ4v) is 6.38. The van der Waals surface area contributed by atoms with Gasteiger partial charge in [-0.15, -0.1) is 0 Å². The lowest BCUT2D eigenvalue weighted by molar-refractivity contribution is 1.24. The minimum atomic E-state index is 0.942. The van der Waals surface area contributed by atoms with E-state index in [1.165, 1.54) is 44.5 Å². The van der Waals surface area contributed by atoms with Gasteiger partial charge in [0, 0.05) is 29.4 Å². The Bertz CT molecular complexity index is 2070. The average molecular weight is 447 g/mol. The highest BCUT2D eigenvalue weighted by molar-refractivity contribution is 6.12. The van der Waals surface area contributed by atoms with Crippen LogP contribution in [0.2, 0.25) is 0 Å². The number of hydrogen-bond acceptors (Lipinski definition) is 3. The molecule has 0 saturated carbocycles. The van der Waals surface area contributed by atoms with Crippen molar-refractivity contribution in [2.45, 2.75) is 12.8 Å². The van der Waals surface area contributed by atoms with E-state index in [0.29, 0.717) is 0 Å². The second-order valence-corrected chi connectivity index (χ2v) is 9.74. The van der Waals surface area contributed by atoms with Crippen LogP contribution in [0.1, 0.15) is 22.3 Å². The zero-order chi connectivity index (χ0) is 22.7. The number of imidazole rings is 1. The van der Waals surface area contributed by atoms with E-state index in [1.807, 2.05) is 30.7 Å². The normalized spacial score (nSPS) is 13.5. The predicted octanol–water partition coefficient (Wildman–Crippen LogP) is 6.73. The van der Waals surface area contributed by atoms with Crippen molar-refractivity contribution in [3.8, 4) is 22.3 Å². The second kappa shape index (κ2) is 6.10. The Morgan fingerprint density at radius 2 is 1.43 bits per heavy atom. The molecule has 4 nitrogen and oxygen atoms in total. The van der Waals surface area contributed by atoms with E-state index in [9.17, 15) is 0 Å². The van der Waals surface area contributed by atoms with Crippen molar-refractivity contribution in [3.05, 3.63) is 108 Å². The molecular weight excluding hydrogens is 428 g/mol. The monoisotopic (exact) mass is 446 g/mol. The first-order valence-electron chi connectivity index (χ1n) is 12.0. The van der Waals surface area contributed by atoms with Crippen LogP contribution in [0.25, 0.3) is 60.7 Å². The van der Waals surface area contributed by atoms with Gasteiger partial charge in [-0.25, -0.2) is 4.98 Å². The number of hydrogen-bond donors (Lipinski definition) is 0. The predicted molar refractivity (Wildman–Crippen MR) is 140 cm³/mol. The van der Waals surface area contributed by atoms with E-state index >= 15 is 0 Å². The van der Waals surface area contributed by atoms with Gasteiger partial charge in [-0.05, 0) is 99.8 Å². The van der Waals surface area contributed by atoms with E-state index < -0.39 is 0 Å².